The molecular formula is C9H10BrN3S. The lowest BCUT2D eigenvalue weighted by molar-refractivity contribution is 0.692. The van der Waals surface area contributed by atoms with Gasteiger partial charge in [-0.2, -0.15) is 5.10 Å². The molecule has 0 aliphatic carbocycles. The molecule has 14 heavy (non-hydrogen) atoms. The lowest BCUT2D eigenvalue weighted by Gasteiger charge is -1.98. The first-order valence-corrected chi connectivity index (χ1v) is 5.90. The minimum atomic E-state index is 0.547. The van der Waals surface area contributed by atoms with Crippen molar-refractivity contribution in [2.75, 3.05) is 0 Å². The molecule has 2 heterocycles. The normalized spacial score (nSPS) is 10.7. The van der Waals surface area contributed by atoms with Gasteiger partial charge in [0, 0.05) is 27.7 Å². The summed E-state index contributed by atoms with van der Waals surface area (Å²) in [5.41, 5.74) is 6.57. The number of halogens is 1. The molecule has 0 atom stereocenters. The Hall–Kier alpha value is -0.650. The molecule has 5 heteroatoms. The number of rotatable bonds is 3. The van der Waals surface area contributed by atoms with Gasteiger partial charge >= 0.3 is 0 Å². The quantitative estimate of drug-likeness (QED) is 0.931. The van der Waals surface area contributed by atoms with E-state index in [2.05, 4.69) is 26.4 Å². The van der Waals surface area contributed by atoms with Crippen molar-refractivity contribution in [1.29, 1.82) is 0 Å². The lowest BCUT2D eigenvalue weighted by atomic mass is 10.4. The van der Waals surface area contributed by atoms with E-state index in [0.717, 1.165) is 16.6 Å². The van der Waals surface area contributed by atoms with E-state index in [9.17, 15) is 0 Å². The highest BCUT2D eigenvalue weighted by molar-refractivity contribution is 9.10. The van der Waals surface area contributed by atoms with E-state index < -0.39 is 0 Å². The lowest BCUT2D eigenvalue weighted by Crippen LogP contribution is -1.99. The number of nitrogens with zero attached hydrogens (tertiary/aromatic N) is 2. The summed E-state index contributed by atoms with van der Waals surface area (Å²) in [6, 6.07) is 2.05. The molecule has 0 fully saturated rings. The standard InChI is InChI=1S/C9H10BrN3S/c10-8-1-2-14-9(8)6-13-5-7(3-11)4-12-13/h1-2,4-5H,3,6,11H2. The van der Waals surface area contributed by atoms with Crippen LogP contribution in [-0.4, -0.2) is 9.78 Å². The third-order valence-electron chi connectivity index (χ3n) is 1.92. The molecular weight excluding hydrogens is 262 g/mol. The summed E-state index contributed by atoms with van der Waals surface area (Å²) in [5.74, 6) is 0. The van der Waals surface area contributed by atoms with Gasteiger partial charge < -0.3 is 5.73 Å². The number of hydrogen-bond donors (Lipinski definition) is 1. The van der Waals surface area contributed by atoms with Crippen molar-refractivity contribution in [2.24, 2.45) is 5.73 Å². The number of nitrogens with two attached hydrogens (primary N) is 1. The summed E-state index contributed by atoms with van der Waals surface area (Å²) in [7, 11) is 0. The summed E-state index contributed by atoms with van der Waals surface area (Å²) in [4.78, 5) is 1.27. The molecule has 2 rings (SSSR count). The fourth-order valence-corrected chi connectivity index (χ4v) is 2.65. The van der Waals surface area contributed by atoms with Gasteiger partial charge in [0.05, 0.1) is 12.7 Å². The molecule has 0 aliphatic rings. The maximum atomic E-state index is 5.51. The van der Waals surface area contributed by atoms with Crippen molar-refractivity contribution >= 4 is 27.3 Å². The Morgan fingerprint density at radius 1 is 1.57 bits per heavy atom. The van der Waals surface area contributed by atoms with Gasteiger partial charge in [-0.05, 0) is 27.4 Å². The second kappa shape index (κ2) is 4.25. The molecule has 0 spiro atoms. The number of hydrogen-bond acceptors (Lipinski definition) is 3. The summed E-state index contributed by atoms with van der Waals surface area (Å²) in [6.45, 7) is 1.35. The zero-order valence-corrected chi connectivity index (χ0v) is 9.88. The minimum Gasteiger partial charge on any atom is -0.326 e. The van der Waals surface area contributed by atoms with Crippen molar-refractivity contribution in [3.8, 4) is 0 Å². The number of aromatic nitrogens is 2. The van der Waals surface area contributed by atoms with E-state index >= 15 is 0 Å². The number of thiophene rings is 1. The zero-order chi connectivity index (χ0) is 9.97. The van der Waals surface area contributed by atoms with Gasteiger partial charge in [0.1, 0.15) is 0 Å². The summed E-state index contributed by atoms with van der Waals surface area (Å²) in [6.07, 6.45) is 3.79. The van der Waals surface area contributed by atoms with E-state index in [4.69, 9.17) is 5.73 Å². The predicted molar refractivity (Wildman–Crippen MR) is 61.2 cm³/mol. The van der Waals surface area contributed by atoms with E-state index in [1.807, 2.05) is 23.1 Å². The Morgan fingerprint density at radius 3 is 3.00 bits per heavy atom. The Bertz CT molecular complexity index is 421. The molecule has 0 unspecified atom stereocenters. The van der Waals surface area contributed by atoms with Crippen LogP contribution < -0.4 is 5.73 Å². The fourth-order valence-electron chi connectivity index (χ4n) is 1.18. The van der Waals surface area contributed by atoms with Crippen LogP contribution in [0.15, 0.2) is 28.3 Å². The summed E-state index contributed by atoms with van der Waals surface area (Å²) in [5, 5.41) is 6.29. The average Bonchev–Trinajstić information content (AvgIpc) is 2.77. The van der Waals surface area contributed by atoms with Crippen molar-refractivity contribution < 1.29 is 0 Å². The van der Waals surface area contributed by atoms with E-state index in [-0.39, 0.29) is 0 Å². The maximum absolute atomic E-state index is 5.51. The minimum absolute atomic E-state index is 0.547. The largest absolute Gasteiger partial charge is 0.326 e. The molecule has 3 nitrogen and oxygen atoms in total. The first kappa shape index (κ1) is 9.89. The van der Waals surface area contributed by atoms with Crippen LogP contribution in [0, 0.1) is 0 Å². The van der Waals surface area contributed by atoms with Crippen LogP contribution in [0.5, 0.6) is 0 Å². The van der Waals surface area contributed by atoms with Gasteiger partial charge in [-0.3, -0.25) is 4.68 Å². The third kappa shape index (κ3) is 2.05. The zero-order valence-electron chi connectivity index (χ0n) is 7.48. The van der Waals surface area contributed by atoms with Crippen LogP contribution in [0.25, 0.3) is 0 Å². The molecule has 2 aromatic rings. The molecule has 0 aromatic carbocycles. The van der Waals surface area contributed by atoms with Gasteiger partial charge in [-0.25, -0.2) is 0 Å². The van der Waals surface area contributed by atoms with Crippen molar-refractivity contribution in [3.63, 3.8) is 0 Å². The molecule has 74 valence electrons. The van der Waals surface area contributed by atoms with Gasteiger partial charge in [0.15, 0.2) is 0 Å². The van der Waals surface area contributed by atoms with Crippen molar-refractivity contribution in [1.82, 2.24) is 9.78 Å². The smallest absolute Gasteiger partial charge is 0.0763 e. The first-order chi connectivity index (χ1) is 6.79. The fraction of sp³-hybridized carbons (Fsp3) is 0.222. The van der Waals surface area contributed by atoms with Crippen LogP contribution in [-0.2, 0) is 13.1 Å². The molecule has 0 saturated heterocycles. The molecule has 2 aromatic heterocycles. The maximum Gasteiger partial charge on any atom is 0.0763 e. The molecule has 0 amide bonds. The van der Waals surface area contributed by atoms with Crippen LogP contribution in [0.4, 0.5) is 0 Å². The van der Waals surface area contributed by atoms with Crippen molar-refractivity contribution in [2.45, 2.75) is 13.1 Å². The molecule has 2 N–H and O–H groups in total. The third-order valence-corrected chi connectivity index (χ3v) is 3.83. The van der Waals surface area contributed by atoms with Gasteiger partial charge in [-0.15, -0.1) is 11.3 Å². The van der Waals surface area contributed by atoms with Gasteiger partial charge in [0.25, 0.3) is 0 Å². The Balaban J connectivity index is 2.15. The second-order valence-corrected chi connectivity index (χ2v) is 4.80. The molecule has 0 aliphatic heterocycles. The van der Waals surface area contributed by atoms with Crippen molar-refractivity contribution in [3.05, 3.63) is 38.8 Å². The SMILES string of the molecule is NCc1cnn(Cc2sccc2Br)c1. The topological polar surface area (TPSA) is 43.8 Å². The Labute approximate surface area is 94.7 Å². The van der Waals surface area contributed by atoms with Crippen LogP contribution in [0.2, 0.25) is 0 Å². The van der Waals surface area contributed by atoms with Gasteiger partial charge in [-0.1, -0.05) is 0 Å². The predicted octanol–water partition coefficient (Wildman–Crippen LogP) is 2.21. The monoisotopic (exact) mass is 271 g/mol. The highest BCUT2D eigenvalue weighted by Crippen LogP contribution is 2.23. The molecule has 0 radical (unpaired) electrons. The average molecular weight is 272 g/mol. The van der Waals surface area contributed by atoms with E-state index in [1.54, 1.807) is 11.3 Å². The molecule has 0 saturated carbocycles. The Kier molecular flexibility index (Phi) is 3.00. The van der Waals surface area contributed by atoms with Gasteiger partial charge in [0.2, 0.25) is 0 Å². The Morgan fingerprint density at radius 2 is 2.43 bits per heavy atom. The van der Waals surface area contributed by atoms with E-state index in [1.165, 1.54) is 4.88 Å². The molecule has 0 bridgehead atoms. The first-order valence-electron chi connectivity index (χ1n) is 4.23. The van der Waals surface area contributed by atoms with Crippen LogP contribution in [0.1, 0.15) is 10.4 Å². The highest BCUT2D eigenvalue weighted by Gasteiger charge is 2.03. The highest BCUT2D eigenvalue weighted by atomic mass is 79.9. The second-order valence-electron chi connectivity index (χ2n) is 2.94. The summed E-state index contributed by atoms with van der Waals surface area (Å²) >= 11 is 5.21. The van der Waals surface area contributed by atoms with Crippen LogP contribution in [0.3, 0.4) is 0 Å². The van der Waals surface area contributed by atoms with E-state index in [0.29, 0.717) is 6.54 Å². The van der Waals surface area contributed by atoms with Crippen LogP contribution >= 0.6 is 27.3 Å². The summed E-state index contributed by atoms with van der Waals surface area (Å²) < 4.78 is 3.05.